The smallest absolute Gasteiger partial charge is 0.417 e. The van der Waals surface area contributed by atoms with Crippen molar-refractivity contribution in [3.8, 4) is 11.5 Å². The minimum absolute atomic E-state index is 0.207. The molecule has 0 atom stereocenters. The van der Waals surface area contributed by atoms with Crippen molar-refractivity contribution in [2.24, 2.45) is 0 Å². The molecule has 0 bridgehead atoms. The van der Waals surface area contributed by atoms with Gasteiger partial charge in [-0.05, 0) is 18.2 Å². The monoisotopic (exact) mass is 280 g/mol. The fourth-order valence-corrected chi connectivity index (χ4v) is 1.49. The number of nitrogens with zero attached hydrogens (tertiary/aromatic N) is 1. The van der Waals surface area contributed by atoms with Gasteiger partial charge in [-0.1, -0.05) is 0 Å². The fraction of sp³-hybridized carbons (Fsp3) is 0.182. The Labute approximate surface area is 102 Å². The summed E-state index contributed by atoms with van der Waals surface area (Å²) in [5.74, 6) is -0.237. The number of aromatic nitrogens is 1. The first kappa shape index (κ1) is 13.4. The predicted molar refractivity (Wildman–Crippen MR) is 50.8 cm³/mol. The van der Waals surface area contributed by atoms with Gasteiger partial charge in [0.2, 0.25) is 5.89 Å². The van der Waals surface area contributed by atoms with E-state index in [0.717, 1.165) is 12.3 Å². The van der Waals surface area contributed by atoms with Gasteiger partial charge in [0.25, 0.3) is 0 Å². The first-order valence-electron chi connectivity index (χ1n) is 4.80. The van der Waals surface area contributed by atoms with Crippen LogP contribution in [0, 0.1) is 6.26 Å². The van der Waals surface area contributed by atoms with Gasteiger partial charge in [0.1, 0.15) is 0 Å². The normalized spacial score (nSPS) is 12.7. The van der Waals surface area contributed by atoms with Crippen molar-refractivity contribution in [1.82, 2.24) is 4.98 Å². The molecule has 0 N–H and O–H groups in total. The van der Waals surface area contributed by atoms with E-state index in [9.17, 15) is 26.3 Å². The van der Waals surface area contributed by atoms with E-state index in [1.807, 2.05) is 0 Å². The van der Waals surface area contributed by atoms with Gasteiger partial charge >= 0.3 is 12.4 Å². The van der Waals surface area contributed by atoms with Crippen molar-refractivity contribution in [1.29, 1.82) is 0 Å². The molecule has 2 nitrogen and oxygen atoms in total. The van der Waals surface area contributed by atoms with Crippen molar-refractivity contribution < 1.29 is 30.8 Å². The van der Waals surface area contributed by atoms with Crippen LogP contribution in [-0.2, 0) is 12.4 Å². The number of oxazole rings is 1. The van der Waals surface area contributed by atoms with Crippen LogP contribution in [0.15, 0.2) is 28.8 Å². The minimum Gasteiger partial charge on any atom is -0.433 e. The highest BCUT2D eigenvalue weighted by Gasteiger charge is 2.43. The lowest BCUT2D eigenvalue weighted by atomic mass is 10.0. The van der Waals surface area contributed by atoms with Crippen molar-refractivity contribution in [2.75, 3.05) is 0 Å². The largest absolute Gasteiger partial charge is 0.433 e. The third-order valence-corrected chi connectivity index (χ3v) is 2.27. The first-order valence-corrected chi connectivity index (χ1v) is 4.80. The second kappa shape index (κ2) is 4.29. The summed E-state index contributed by atoms with van der Waals surface area (Å²) in [5.41, 5.74) is -3.74. The van der Waals surface area contributed by atoms with Crippen LogP contribution in [-0.4, -0.2) is 4.98 Å². The van der Waals surface area contributed by atoms with Crippen LogP contribution >= 0.6 is 0 Å². The number of rotatable bonds is 1. The highest BCUT2D eigenvalue weighted by Crippen LogP contribution is 2.41. The zero-order valence-corrected chi connectivity index (χ0v) is 8.93. The Morgan fingerprint density at radius 1 is 0.947 bits per heavy atom. The molecule has 1 aromatic heterocycles. The molecule has 2 aromatic rings. The summed E-state index contributed by atoms with van der Waals surface area (Å²) in [6, 6.07) is 1.56. The Morgan fingerprint density at radius 3 is 2.05 bits per heavy atom. The maximum atomic E-state index is 12.6. The summed E-state index contributed by atoms with van der Waals surface area (Å²) in [6.07, 6.45) is -7.02. The van der Waals surface area contributed by atoms with E-state index in [2.05, 4.69) is 15.7 Å². The molecule has 101 valence electrons. The maximum absolute atomic E-state index is 12.6. The molecule has 0 fully saturated rings. The van der Waals surface area contributed by atoms with Gasteiger partial charge in [-0.2, -0.15) is 26.3 Å². The van der Waals surface area contributed by atoms with E-state index in [4.69, 9.17) is 0 Å². The molecule has 1 aromatic carbocycles. The Morgan fingerprint density at radius 2 is 1.58 bits per heavy atom. The van der Waals surface area contributed by atoms with E-state index in [1.54, 1.807) is 0 Å². The van der Waals surface area contributed by atoms with Crippen molar-refractivity contribution in [3.63, 3.8) is 0 Å². The molecule has 2 rings (SSSR count). The van der Waals surface area contributed by atoms with Crippen LogP contribution in [0.2, 0.25) is 0 Å². The third-order valence-electron chi connectivity index (χ3n) is 2.27. The van der Waals surface area contributed by atoms with Gasteiger partial charge in [0.05, 0.1) is 17.3 Å². The minimum atomic E-state index is -5.13. The SMILES string of the molecule is FC(F)(F)c1ccc(-c2nc[c]o2)cc1C(F)(F)F. The molecule has 0 spiro atoms. The molecule has 0 aliphatic rings. The van der Waals surface area contributed by atoms with E-state index < -0.39 is 23.5 Å². The molecule has 0 unspecified atom stereocenters. The predicted octanol–water partition coefficient (Wildman–Crippen LogP) is 4.18. The quantitative estimate of drug-likeness (QED) is 0.732. The Balaban J connectivity index is 2.61. The van der Waals surface area contributed by atoms with Gasteiger partial charge in [0.15, 0.2) is 6.26 Å². The van der Waals surface area contributed by atoms with Gasteiger partial charge in [-0.3, -0.25) is 0 Å². The Kier molecular flexibility index (Phi) is 3.03. The van der Waals surface area contributed by atoms with Crippen LogP contribution in [0.1, 0.15) is 11.1 Å². The highest BCUT2D eigenvalue weighted by atomic mass is 19.4. The van der Waals surface area contributed by atoms with Crippen LogP contribution in [0.5, 0.6) is 0 Å². The summed E-state index contributed by atoms with van der Waals surface area (Å²) in [4.78, 5) is 3.53. The van der Waals surface area contributed by atoms with Crippen LogP contribution in [0.3, 0.4) is 0 Å². The van der Waals surface area contributed by atoms with E-state index in [0.29, 0.717) is 12.1 Å². The van der Waals surface area contributed by atoms with E-state index >= 15 is 0 Å². The number of hydrogen-bond acceptors (Lipinski definition) is 2. The summed E-state index contributed by atoms with van der Waals surface area (Å²) in [6.45, 7) is 0. The van der Waals surface area contributed by atoms with Crippen LogP contribution < -0.4 is 0 Å². The molecule has 0 amide bonds. The zero-order valence-electron chi connectivity index (χ0n) is 8.93. The summed E-state index contributed by atoms with van der Waals surface area (Å²) >= 11 is 0. The maximum Gasteiger partial charge on any atom is 0.417 e. The third kappa shape index (κ3) is 2.72. The lowest BCUT2D eigenvalue weighted by Gasteiger charge is -2.15. The molecule has 0 aliphatic carbocycles. The average Bonchev–Trinajstić information content (AvgIpc) is 2.79. The second-order valence-corrected chi connectivity index (χ2v) is 3.54. The molecule has 1 heterocycles. The number of benzene rings is 1. The highest BCUT2D eigenvalue weighted by molar-refractivity contribution is 5.56. The second-order valence-electron chi connectivity index (χ2n) is 3.54. The average molecular weight is 280 g/mol. The van der Waals surface area contributed by atoms with Gasteiger partial charge in [0, 0.05) is 5.56 Å². The van der Waals surface area contributed by atoms with Crippen LogP contribution in [0.25, 0.3) is 11.5 Å². The summed E-state index contributed by atoms with van der Waals surface area (Å²) in [5, 5.41) is 0. The van der Waals surface area contributed by atoms with Crippen molar-refractivity contribution >= 4 is 0 Å². The lowest BCUT2D eigenvalue weighted by Crippen LogP contribution is -2.16. The fourth-order valence-electron chi connectivity index (χ4n) is 1.49. The van der Waals surface area contributed by atoms with Gasteiger partial charge in [-0.15, -0.1) is 0 Å². The molecular formula is C11H4F6NO. The number of halogens is 6. The summed E-state index contributed by atoms with van der Waals surface area (Å²) < 4.78 is 80.1. The van der Waals surface area contributed by atoms with Gasteiger partial charge in [-0.25, -0.2) is 4.98 Å². The standard InChI is InChI=1S/C11H4F6NO/c12-10(13,14)7-2-1-6(9-18-3-4-19-9)5-8(7)11(15,16)17/h1-3,5H. The van der Waals surface area contributed by atoms with E-state index in [-0.39, 0.29) is 11.5 Å². The first-order chi connectivity index (χ1) is 8.69. The van der Waals surface area contributed by atoms with Crippen molar-refractivity contribution in [2.45, 2.75) is 12.4 Å². The van der Waals surface area contributed by atoms with Crippen molar-refractivity contribution in [3.05, 3.63) is 41.8 Å². The Bertz CT molecular complexity index is 570. The van der Waals surface area contributed by atoms with Crippen LogP contribution in [0.4, 0.5) is 26.3 Å². The molecule has 0 aliphatic heterocycles. The summed E-state index contributed by atoms with van der Waals surface area (Å²) in [7, 11) is 0. The molecule has 0 saturated carbocycles. The lowest BCUT2D eigenvalue weighted by molar-refractivity contribution is -0.162. The Hall–Kier alpha value is -1.99. The van der Waals surface area contributed by atoms with Gasteiger partial charge < -0.3 is 4.42 Å². The topological polar surface area (TPSA) is 26.0 Å². The molecule has 1 radical (unpaired) electrons. The zero-order chi connectivity index (χ0) is 14.3. The number of hydrogen-bond donors (Lipinski definition) is 0. The molecular weight excluding hydrogens is 276 g/mol. The molecule has 0 saturated heterocycles. The molecule has 19 heavy (non-hydrogen) atoms. The number of alkyl halides is 6. The van der Waals surface area contributed by atoms with E-state index in [1.165, 1.54) is 0 Å². The molecule has 8 heteroatoms.